The monoisotopic (exact) mass is 275 g/mol. The van der Waals surface area contributed by atoms with Gasteiger partial charge in [-0.2, -0.15) is 0 Å². The number of H-pyrrole nitrogens is 1. The van der Waals surface area contributed by atoms with E-state index in [1.54, 1.807) is 12.3 Å². The lowest BCUT2D eigenvalue weighted by Crippen LogP contribution is -2.23. The maximum Gasteiger partial charge on any atom is 0.252 e. The molecular weight excluding hydrogens is 262 g/mol. The zero-order valence-electron chi connectivity index (χ0n) is 11.3. The molecule has 21 heavy (non-hydrogen) atoms. The zero-order valence-corrected chi connectivity index (χ0v) is 11.3. The molecule has 0 saturated carbocycles. The molecule has 0 atom stereocenters. The van der Waals surface area contributed by atoms with Crippen molar-refractivity contribution in [3.8, 4) is 11.8 Å². The molecule has 0 spiro atoms. The van der Waals surface area contributed by atoms with Gasteiger partial charge in [-0.15, -0.1) is 0 Å². The molecule has 102 valence electrons. The summed E-state index contributed by atoms with van der Waals surface area (Å²) in [6.45, 7) is 0.290. The first-order valence-corrected chi connectivity index (χ1v) is 6.58. The molecule has 1 amide bonds. The van der Waals surface area contributed by atoms with Crippen molar-refractivity contribution in [3.05, 3.63) is 66.1 Å². The Bertz CT molecular complexity index is 825. The summed E-state index contributed by atoms with van der Waals surface area (Å²) in [6, 6.07) is 13.1. The van der Waals surface area contributed by atoms with Crippen LogP contribution in [0.2, 0.25) is 0 Å². The summed E-state index contributed by atoms with van der Waals surface area (Å²) in [5.74, 6) is 5.64. The number of fused-ring (bicyclic) bond motifs is 1. The van der Waals surface area contributed by atoms with E-state index in [0.29, 0.717) is 11.3 Å². The normalized spacial score (nSPS) is 9.90. The smallest absolute Gasteiger partial charge is 0.252 e. The van der Waals surface area contributed by atoms with Crippen molar-refractivity contribution in [1.29, 1.82) is 0 Å². The number of carbonyl (C=O) groups excluding carboxylic acids is 1. The van der Waals surface area contributed by atoms with E-state index in [9.17, 15) is 4.79 Å². The molecule has 0 bridgehead atoms. The molecule has 4 heteroatoms. The molecule has 0 radical (unpaired) electrons. The third-order valence-electron chi connectivity index (χ3n) is 3.04. The van der Waals surface area contributed by atoms with Crippen molar-refractivity contribution in [2.45, 2.75) is 0 Å². The number of nitrogens with zero attached hydrogens (tertiary/aromatic N) is 1. The van der Waals surface area contributed by atoms with E-state index < -0.39 is 0 Å². The van der Waals surface area contributed by atoms with Gasteiger partial charge in [0.1, 0.15) is 5.69 Å². The van der Waals surface area contributed by atoms with E-state index in [1.165, 1.54) is 0 Å². The average molecular weight is 275 g/mol. The van der Waals surface area contributed by atoms with Crippen LogP contribution in [0.25, 0.3) is 10.9 Å². The Labute approximate surface area is 122 Å². The summed E-state index contributed by atoms with van der Waals surface area (Å²) >= 11 is 0. The minimum absolute atomic E-state index is 0.137. The third kappa shape index (κ3) is 3.10. The molecule has 2 aromatic heterocycles. The number of carbonyl (C=O) groups is 1. The second-order valence-electron chi connectivity index (χ2n) is 4.48. The van der Waals surface area contributed by atoms with Crippen LogP contribution in [0.4, 0.5) is 0 Å². The predicted octanol–water partition coefficient (Wildman–Crippen LogP) is 2.34. The fraction of sp³-hybridized carbons (Fsp3) is 0.0588. The van der Waals surface area contributed by atoms with Gasteiger partial charge in [-0.3, -0.25) is 4.79 Å². The van der Waals surface area contributed by atoms with Crippen molar-refractivity contribution >= 4 is 16.8 Å². The average Bonchev–Trinajstić information content (AvgIpc) is 3.00. The van der Waals surface area contributed by atoms with Crippen LogP contribution in [0.3, 0.4) is 0 Å². The van der Waals surface area contributed by atoms with E-state index in [1.807, 2.05) is 42.6 Å². The lowest BCUT2D eigenvalue weighted by atomic mass is 10.1. The molecule has 1 aromatic carbocycles. The molecule has 0 aliphatic heterocycles. The molecule has 0 saturated heterocycles. The molecule has 2 N–H and O–H groups in total. The molecular formula is C17H13N3O. The van der Waals surface area contributed by atoms with Crippen LogP contribution in [0, 0.1) is 11.8 Å². The van der Waals surface area contributed by atoms with Gasteiger partial charge in [0.05, 0.1) is 6.54 Å². The number of aromatic amines is 1. The first-order valence-electron chi connectivity index (χ1n) is 6.58. The quantitative estimate of drug-likeness (QED) is 0.705. The number of nitrogens with one attached hydrogen (secondary N) is 2. The largest absolute Gasteiger partial charge is 0.361 e. The summed E-state index contributed by atoms with van der Waals surface area (Å²) in [6.07, 6.45) is 3.54. The van der Waals surface area contributed by atoms with Crippen LogP contribution in [0.1, 0.15) is 16.1 Å². The van der Waals surface area contributed by atoms with Gasteiger partial charge in [-0.05, 0) is 41.6 Å². The summed E-state index contributed by atoms with van der Waals surface area (Å²) in [4.78, 5) is 19.2. The Morgan fingerprint density at radius 1 is 1.24 bits per heavy atom. The van der Waals surface area contributed by atoms with Crippen LogP contribution in [0.5, 0.6) is 0 Å². The van der Waals surface area contributed by atoms with Gasteiger partial charge in [-0.25, -0.2) is 4.98 Å². The van der Waals surface area contributed by atoms with E-state index >= 15 is 0 Å². The second-order valence-corrected chi connectivity index (χ2v) is 4.48. The Hall–Kier alpha value is -3.06. The number of benzene rings is 1. The first-order chi connectivity index (χ1) is 10.3. The number of hydrogen-bond donors (Lipinski definition) is 2. The van der Waals surface area contributed by atoms with Crippen LogP contribution in [-0.2, 0) is 0 Å². The maximum atomic E-state index is 12.0. The SMILES string of the molecule is O=C(NCC#Cc1ccccn1)c1ccc2cc[nH]c2c1. The van der Waals surface area contributed by atoms with Gasteiger partial charge in [0, 0.05) is 23.5 Å². The molecule has 0 fully saturated rings. The van der Waals surface area contributed by atoms with Crippen molar-refractivity contribution in [1.82, 2.24) is 15.3 Å². The van der Waals surface area contributed by atoms with Gasteiger partial charge >= 0.3 is 0 Å². The summed E-state index contributed by atoms with van der Waals surface area (Å²) in [7, 11) is 0. The highest BCUT2D eigenvalue weighted by atomic mass is 16.1. The molecule has 2 heterocycles. The third-order valence-corrected chi connectivity index (χ3v) is 3.04. The fourth-order valence-electron chi connectivity index (χ4n) is 1.99. The van der Waals surface area contributed by atoms with Crippen molar-refractivity contribution in [2.24, 2.45) is 0 Å². The highest BCUT2D eigenvalue weighted by molar-refractivity contribution is 5.97. The molecule has 0 unspecified atom stereocenters. The lowest BCUT2D eigenvalue weighted by molar-refractivity contribution is 0.0959. The van der Waals surface area contributed by atoms with Crippen LogP contribution in [-0.4, -0.2) is 22.4 Å². The standard InChI is InChI=1S/C17H13N3O/c21-17(14-7-6-13-8-11-19-16(13)12-14)20-10-3-5-15-4-1-2-9-18-15/h1-2,4,6-9,11-12,19H,10H2,(H,20,21). The summed E-state index contributed by atoms with van der Waals surface area (Å²) in [5.41, 5.74) is 2.26. The number of aromatic nitrogens is 2. The fourth-order valence-corrected chi connectivity index (χ4v) is 1.99. The van der Waals surface area contributed by atoms with E-state index in [-0.39, 0.29) is 12.5 Å². The molecule has 0 aliphatic rings. The number of rotatable bonds is 2. The molecule has 0 aliphatic carbocycles. The summed E-state index contributed by atoms with van der Waals surface area (Å²) < 4.78 is 0. The predicted molar refractivity (Wildman–Crippen MR) is 81.7 cm³/mol. The summed E-state index contributed by atoms with van der Waals surface area (Å²) in [5, 5.41) is 3.86. The molecule has 3 rings (SSSR count). The van der Waals surface area contributed by atoms with Crippen LogP contribution in [0.15, 0.2) is 54.9 Å². The first kappa shape index (κ1) is 12.9. The molecule has 3 aromatic rings. The highest BCUT2D eigenvalue weighted by Gasteiger charge is 2.05. The number of amides is 1. The number of hydrogen-bond acceptors (Lipinski definition) is 2. The maximum absolute atomic E-state index is 12.0. The molecule has 4 nitrogen and oxygen atoms in total. The minimum Gasteiger partial charge on any atom is -0.361 e. The van der Waals surface area contributed by atoms with Crippen molar-refractivity contribution < 1.29 is 4.79 Å². The minimum atomic E-state index is -0.137. The van der Waals surface area contributed by atoms with Crippen LogP contribution < -0.4 is 5.32 Å². The Balaban J connectivity index is 1.63. The van der Waals surface area contributed by atoms with E-state index in [4.69, 9.17) is 0 Å². The Kier molecular flexibility index (Phi) is 3.66. The van der Waals surface area contributed by atoms with Gasteiger partial charge in [-0.1, -0.05) is 18.1 Å². The van der Waals surface area contributed by atoms with Crippen LogP contribution >= 0.6 is 0 Å². The van der Waals surface area contributed by atoms with Gasteiger partial charge in [0.2, 0.25) is 0 Å². The van der Waals surface area contributed by atoms with Crippen molar-refractivity contribution in [2.75, 3.05) is 6.54 Å². The lowest BCUT2D eigenvalue weighted by Gasteiger charge is -2.01. The topological polar surface area (TPSA) is 57.8 Å². The van der Waals surface area contributed by atoms with Gasteiger partial charge in [0.15, 0.2) is 0 Å². The highest BCUT2D eigenvalue weighted by Crippen LogP contribution is 2.13. The number of pyridine rings is 1. The Morgan fingerprint density at radius 3 is 3.05 bits per heavy atom. The van der Waals surface area contributed by atoms with E-state index in [0.717, 1.165) is 10.9 Å². The Morgan fingerprint density at radius 2 is 2.19 bits per heavy atom. The second kappa shape index (κ2) is 5.93. The van der Waals surface area contributed by atoms with Gasteiger partial charge < -0.3 is 10.3 Å². The van der Waals surface area contributed by atoms with Crippen molar-refractivity contribution in [3.63, 3.8) is 0 Å². The zero-order chi connectivity index (χ0) is 14.5. The van der Waals surface area contributed by atoms with Gasteiger partial charge in [0.25, 0.3) is 5.91 Å². The van der Waals surface area contributed by atoms with E-state index in [2.05, 4.69) is 27.1 Å².